The van der Waals surface area contributed by atoms with E-state index in [-0.39, 0.29) is 5.91 Å². The summed E-state index contributed by atoms with van der Waals surface area (Å²) in [6, 6.07) is 15.0. The summed E-state index contributed by atoms with van der Waals surface area (Å²) in [6.07, 6.45) is 0.828. The Bertz CT molecular complexity index is 760. The van der Waals surface area contributed by atoms with Gasteiger partial charge in [0.1, 0.15) is 5.75 Å². The van der Waals surface area contributed by atoms with Gasteiger partial charge in [0.25, 0.3) is 5.91 Å². The molecule has 6 heteroatoms. The minimum absolute atomic E-state index is 0.151. The predicted octanol–water partition coefficient (Wildman–Crippen LogP) is 4.69. The van der Waals surface area contributed by atoms with Gasteiger partial charge in [-0.15, -0.1) is 0 Å². The molecule has 1 N–H and O–H groups in total. The van der Waals surface area contributed by atoms with E-state index in [1.54, 1.807) is 31.2 Å². The Kier molecular flexibility index (Phi) is 6.22. The van der Waals surface area contributed by atoms with Crippen molar-refractivity contribution in [1.82, 2.24) is 5.32 Å². The van der Waals surface area contributed by atoms with Crippen LogP contribution in [-0.2, 0) is 15.1 Å². The Morgan fingerprint density at radius 2 is 1.92 bits per heavy atom. The molecule has 1 aliphatic rings. The average molecular weight is 439 g/mol. The first-order valence-corrected chi connectivity index (χ1v) is 9.74. The largest absolute Gasteiger partial charge is 0.481 e. The van der Waals surface area contributed by atoms with Crippen molar-refractivity contribution in [2.75, 3.05) is 13.2 Å². The number of rotatable bonds is 5. The van der Waals surface area contributed by atoms with Crippen molar-refractivity contribution in [1.29, 1.82) is 0 Å². The molecule has 1 saturated heterocycles. The molecule has 1 atom stereocenters. The topological polar surface area (TPSA) is 47.6 Å². The first-order valence-electron chi connectivity index (χ1n) is 8.57. The summed E-state index contributed by atoms with van der Waals surface area (Å²) in [5.41, 5.74) is 0.624. The van der Waals surface area contributed by atoms with Gasteiger partial charge in [-0.25, -0.2) is 0 Å². The van der Waals surface area contributed by atoms with E-state index in [1.165, 1.54) is 0 Å². The van der Waals surface area contributed by atoms with Gasteiger partial charge < -0.3 is 14.8 Å². The lowest BCUT2D eigenvalue weighted by molar-refractivity contribution is -0.130. The van der Waals surface area contributed by atoms with E-state index in [1.807, 2.05) is 18.2 Å². The SMILES string of the molecule is CC(Oc1ccc(Cl)cc1)C(=O)NC1(c2cccc(Br)c2)CCOCC1. The normalized spacial score (nSPS) is 17.3. The highest BCUT2D eigenvalue weighted by Gasteiger charge is 2.37. The van der Waals surface area contributed by atoms with Crippen LogP contribution in [0, 0.1) is 0 Å². The van der Waals surface area contributed by atoms with Gasteiger partial charge in [-0.2, -0.15) is 0 Å². The van der Waals surface area contributed by atoms with Gasteiger partial charge in [0, 0.05) is 22.7 Å². The van der Waals surface area contributed by atoms with E-state index < -0.39 is 11.6 Å². The maximum absolute atomic E-state index is 12.8. The Labute approximate surface area is 167 Å². The molecular formula is C20H21BrClNO3. The van der Waals surface area contributed by atoms with Gasteiger partial charge >= 0.3 is 0 Å². The lowest BCUT2D eigenvalue weighted by atomic mass is 9.82. The van der Waals surface area contributed by atoms with Gasteiger partial charge in [-0.05, 0) is 61.7 Å². The van der Waals surface area contributed by atoms with Crippen LogP contribution in [0.4, 0.5) is 0 Å². The van der Waals surface area contributed by atoms with E-state index >= 15 is 0 Å². The number of nitrogens with one attached hydrogen (secondary N) is 1. The van der Waals surface area contributed by atoms with Crippen molar-refractivity contribution in [3.05, 3.63) is 63.6 Å². The zero-order valence-corrected chi connectivity index (χ0v) is 16.8. The molecule has 1 aliphatic heterocycles. The number of halogens is 2. The summed E-state index contributed by atoms with van der Waals surface area (Å²) in [4.78, 5) is 12.8. The van der Waals surface area contributed by atoms with E-state index in [4.69, 9.17) is 21.1 Å². The highest BCUT2D eigenvalue weighted by molar-refractivity contribution is 9.10. The molecule has 2 aromatic rings. The summed E-state index contributed by atoms with van der Waals surface area (Å²) in [6.45, 7) is 2.97. The van der Waals surface area contributed by atoms with E-state index in [9.17, 15) is 4.79 Å². The van der Waals surface area contributed by atoms with Gasteiger partial charge in [-0.1, -0.05) is 39.7 Å². The van der Waals surface area contributed by atoms with Crippen molar-refractivity contribution in [3.8, 4) is 5.75 Å². The van der Waals surface area contributed by atoms with Crippen LogP contribution in [0.5, 0.6) is 5.75 Å². The summed E-state index contributed by atoms with van der Waals surface area (Å²) < 4.78 is 12.3. The summed E-state index contributed by atoms with van der Waals surface area (Å²) >= 11 is 9.41. The molecule has 26 heavy (non-hydrogen) atoms. The molecule has 1 unspecified atom stereocenters. The van der Waals surface area contributed by atoms with E-state index in [2.05, 4.69) is 27.3 Å². The smallest absolute Gasteiger partial charge is 0.261 e. The second-order valence-electron chi connectivity index (χ2n) is 6.41. The second kappa shape index (κ2) is 8.42. The van der Waals surface area contributed by atoms with Crippen LogP contribution in [0.25, 0.3) is 0 Å². The predicted molar refractivity (Wildman–Crippen MR) is 106 cm³/mol. The number of hydrogen-bond acceptors (Lipinski definition) is 3. The van der Waals surface area contributed by atoms with Crippen LogP contribution in [-0.4, -0.2) is 25.2 Å². The zero-order valence-electron chi connectivity index (χ0n) is 14.5. The number of hydrogen-bond donors (Lipinski definition) is 1. The summed E-state index contributed by atoms with van der Waals surface area (Å²) in [7, 11) is 0. The maximum atomic E-state index is 12.8. The van der Waals surface area contributed by atoms with Crippen LogP contribution < -0.4 is 10.1 Å². The van der Waals surface area contributed by atoms with E-state index in [0.717, 1.165) is 22.9 Å². The minimum Gasteiger partial charge on any atom is -0.481 e. The fourth-order valence-corrected chi connectivity index (χ4v) is 3.63. The molecule has 0 aromatic heterocycles. The van der Waals surface area contributed by atoms with Crippen molar-refractivity contribution in [2.24, 2.45) is 0 Å². The molecule has 2 aromatic carbocycles. The average Bonchev–Trinajstić information content (AvgIpc) is 2.64. The third kappa shape index (κ3) is 4.58. The van der Waals surface area contributed by atoms with Crippen LogP contribution >= 0.6 is 27.5 Å². The highest BCUT2D eigenvalue weighted by Crippen LogP contribution is 2.33. The maximum Gasteiger partial charge on any atom is 0.261 e. The van der Waals surface area contributed by atoms with E-state index in [0.29, 0.717) is 24.0 Å². The monoisotopic (exact) mass is 437 g/mol. The van der Waals surface area contributed by atoms with Crippen molar-refractivity contribution in [2.45, 2.75) is 31.4 Å². The molecular weight excluding hydrogens is 418 g/mol. The molecule has 1 heterocycles. The van der Waals surface area contributed by atoms with Crippen LogP contribution in [0.15, 0.2) is 53.0 Å². The molecule has 0 spiro atoms. The number of carbonyl (C=O) groups is 1. The minimum atomic E-state index is -0.622. The molecule has 0 bridgehead atoms. The van der Waals surface area contributed by atoms with Crippen molar-refractivity contribution in [3.63, 3.8) is 0 Å². The molecule has 4 nitrogen and oxygen atoms in total. The molecule has 0 saturated carbocycles. The van der Waals surface area contributed by atoms with Crippen molar-refractivity contribution < 1.29 is 14.3 Å². The Morgan fingerprint density at radius 1 is 1.23 bits per heavy atom. The zero-order chi connectivity index (χ0) is 18.6. The third-order valence-corrected chi connectivity index (χ3v) is 5.33. The Morgan fingerprint density at radius 3 is 2.58 bits per heavy atom. The van der Waals surface area contributed by atoms with Crippen molar-refractivity contribution >= 4 is 33.4 Å². The quantitative estimate of drug-likeness (QED) is 0.736. The standard InChI is InChI=1S/C20H21BrClNO3/c1-14(26-18-7-5-17(22)6-8-18)19(24)23-20(9-11-25-12-10-20)15-3-2-4-16(21)13-15/h2-8,13-14H,9-12H2,1H3,(H,23,24). The fraction of sp³-hybridized carbons (Fsp3) is 0.350. The van der Waals surface area contributed by atoms with Gasteiger partial charge in [0.15, 0.2) is 6.10 Å². The fourth-order valence-electron chi connectivity index (χ4n) is 3.10. The Hall–Kier alpha value is -1.56. The number of benzene rings is 2. The van der Waals surface area contributed by atoms with Crippen LogP contribution in [0.1, 0.15) is 25.3 Å². The first kappa shape index (κ1) is 19.2. The van der Waals surface area contributed by atoms with Crippen LogP contribution in [0.3, 0.4) is 0 Å². The lowest BCUT2D eigenvalue weighted by Gasteiger charge is -2.39. The second-order valence-corrected chi connectivity index (χ2v) is 7.76. The third-order valence-electron chi connectivity index (χ3n) is 4.58. The molecule has 3 rings (SSSR count). The van der Waals surface area contributed by atoms with Gasteiger partial charge in [0.2, 0.25) is 0 Å². The molecule has 0 aliphatic carbocycles. The summed E-state index contributed by atoms with van der Waals surface area (Å²) in [5.74, 6) is 0.461. The molecule has 1 amide bonds. The molecule has 0 radical (unpaired) electrons. The summed E-state index contributed by atoms with van der Waals surface area (Å²) in [5, 5.41) is 3.85. The van der Waals surface area contributed by atoms with Gasteiger partial charge in [0.05, 0.1) is 5.54 Å². The van der Waals surface area contributed by atoms with Crippen LogP contribution in [0.2, 0.25) is 5.02 Å². The van der Waals surface area contributed by atoms with Gasteiger partial charge in [-0.3, -0.25) is 4.79 Å². The Balaban J connectivity index is 1.75. The number of ether oxygens (including phenoxy) is 2. The number of carbonyl (C=O) groups excluding carboxylic acids is 1. The molecule has 138 valence electrons. The lowest BCUT2D eigenvalue weighted by Crippen LogP contribution is -2.52. The number of amides is 1. The first-order chi connectivity index (χ1) is 12.5. The highest BCUT2D eigenvalue weighted by atomic mass is 79.9. The molecule has 1 fully saturated rings.